The van der Waals surface area contributed by atoms with Crippen LogP contribution in [-0.4, -0.2) is 52.7 Å². The van der Waals surface area contributed by atoms with Gasteiger partial charge >= 0.3 is 12.1 Å². The summed E-state index contributed by atoms with van der Waals surface area (Å²) >= 11 is 0. The number of allylic oxidation sites excluding steroid dienone is 2. The Bertz CT molecular complexity index is 929. The molecule has 0 radical (unpaired) electrons. The zero-order valence-electron chi connectivity index (χ0n) is 22.8. The number of carbonyl (C=O) groups excluding carboxylic acids is 2. The predicted octanol–water partition coefficient (Wildman–Crippen LogP) is 4.38. The summed E-state index contributed by atoms with van der Waals surface area (Å²) in [6, 6.07) is 0. The second-order valence-electron chi connectivity index (χ2n) is 12.5. The molecule has 10 unspecified atom stereocenters. The molecule has 4 aliphatic rings. The first-order valence-corrected chi connectivity index (χ1v) is 13.8. The van der Waals surface area contributed by atoms with Gasteiger partial charge in [0.2, 0.25) is 0 Å². The van der Waals surface area contributed by atoms with Gasteiger partial charge in [-0.05, 0) is 80.6 Å². The van der Waals surface area contributed by atoms with Gasteiger partial charge in [0, 0.05) is 18.4 Å². The van der Waals surface area contributed by atoms with Crippen molar-refractivity contribution in [3.8, 4) is 0 Å². The molecule has 0 spiro atoms. The summed E-state index contributed by atoms with van der Waals surface area (Å²) in [5.41, 5.74) is 0.0489. The third-order valence-corrected chi connectivity index (χ3v) is 10.00. The van der Waals surface area contributed by atoms with Crippen molar-refractivity contribution in [1.82, 2.24) is 5.32 Å². The van der Waals surface area contributed by atoms with Crippen molar-refractivity contribution in [1.29, 1.82) is 0 Å². The Morgan fingerprint density at radius 1 is 1.31 bits per heavy atom. The van der Waals surface area contributed by atoms with E-state index in [1.165, 1.54) is 5.57 Å². The predicted molar refractivity (Wildman–Crippen MR) is 137 cm³/mol. The van der Waals surface area contributed by atoms with Gasteiger partial charge in [-0.1, -0.05) is 45.9 Å². The van der Waals surface area contributed by atoms with E-state index in [0.29, 0.717) is 24.5 Å². The van der Waals surface area contributed by atoms with Crippen LogP contribution in [0.1, 0.15) is 73.6 Å². The molecule has 0 aromatic heterocycles. The molecule has 7 nitrogen and oxygen atoms in total. The van der Waals surface area contributed by atoms with Gasteiger partial charge < -0.3 is 25.0 Å². The lowest BCUT2D eigenvalue weighted by Crippen LogP contribution is -2.63. The van der Waals surface area contributed by atoms with Crippen molar-refractivity contribution in [2.24, 2.45) is 40.9 Å². The fourth-order valence-corrected chi connectivity index (χ4v) is 8.13. The van der Waals surface area contributed by atoms with E-state index >= 15 is 0 Å². The van der Waals surface area contributed by atoms with E-state index in [9.17, 15) is 19.8 Å². The number of aliphatic hydroxyl groups excluding tert-OH is 1. The molecule has 7 heteroatoms. The van der Waals surface area contributed by atoms with Gasteiger partial charge in [-0.15, -0.1) is 0 Å². The third-order valence-electron chi connectivity index (χ3n) is 10.00. The Morgan fingerprint density at radius 2 is 2.00 bits per heavy atom. The molecule has 202 valence electrons. The monoisotopic (exact) mass is 503 g/mol. The molecule has 1 amide bonds. The van der Waals surface area contributed by atoms with Gasteiger partial charge in [0.25, 0.3) is 0 Å². The van der Waals surface area contributed by atoms with Gasteiger partial charge in [-0.2, -0.15) is 0 Å². The van der Waals surface area contributed by atoms with Crippen molar-refractivity contribution in [3.05, 3.63) is 23.8 Å². The van der Waals surface area contributed by atoms with E-state index in [1.807, 2.05) is 6.92 Å². The molecule has 1 aliphatic heterocycles. The minimum atomic E-state index is -1.73. The fraction of sp³-hybridized carbons (Fsp3) is 0.793. The number of hydrogen-bond acceptors (Lipinski definition) is 6. The number of ether oxygens (including phenoxy) is 2. The summed E-state index contributed by atoms with van der Waals surface area (Å²) in [7, 11) is 0. The van der Waals surface area contributed by atoms with E-state index in [0.717, 1.165) is 25.7 Å². The van der Waals surface area contributed by atoms with Crippen LogP contribution in [0, 0.1) is 40.9 Å². The standard InChI is InChI=1S/C29H45NO6/c1-8-11-30-27(33)36-23-14-28(7)13-20-16(4)9-10-21-18(6)35-26(32)25(31)29(21,34)17(5)19(20)12-22(28)24(23)15(2)3/h9,15,18-25,31,34H,5,8,10-14H2,1-4,6-7H3,(H,30,33). The Morgan fingerprint density at radius 3 is 2.64 bits per heavy atom. The van der Waals surface area contributed by atoms with Crippen LogP contribution < -0.4 is 5.32 Å². The van der Waals surface area contributed by atoms with Gasteiger partial charge in [-0.25, -0.2) is 9.59 Å². The molecule has 3 fully saturated rings. The molecule has 3 N–H and O–H groups in total. The SMILES string of the molecule is C=C1C2CC3C(C(C)C)C(OC(=O)NCCC)CC3(C)CC2C(C)=CCC2C(C)OC(=O)C(O)C12O. The Hall–Kier alpha value is -1.86. The Labute approximate surface area is 215 Å². The first kappa shape index (κ1) is 27.2. The normalized spacial score (nSPS) is 44.4. The Kier molecular flexibility index (Phi) is 7.39. The van der Waals surface area contributed by atoms with Gasteiger partial charge in [0.05, 0.1) is 0 Å². The Balaban J connectivity index is 1.69. The summed E-state index contributed by atoms with van der Waals surface area (Å²) in [6.07, 6.45) is 3.30. The smallest absolute Gasteiger partial charge is 0.407 e. The molecule has 0 aromatic carbocycles. The lowest BCUT2D eigenvalue weighted by atomic mass is 9.53. The summed E-state index contributed by atoms with van der Waals surface area (Å²) in [5, 5.41) is 25.7. The second kappa shape index (κ2) is 9.79. The highest BCUT2D eigenvalue weighted by Gasteiger charge is 2.62. The third kappa shape index (κ3) is 4.30. The zero-order chi connectivity index (χ0) is 26.6. The number of nitrogens with one attached hydrogen (secondary N) is 1. The van der Waals surface area contributed by atoms with Crippen molar-refractivity contribution < 1.29 is 29.3 Å². The van der Waals surface area contributed by atoms with E-state index < -0.39 is 29.7 Å². The first-order chi connectivity index (χ1) is 16.8. The summed E-state index contributed by atoms with van der Waals surface area (Å²) in [4.78, 5) is 25.0. The quantitative estimate of drug-likeness (QED) is 0.389. The molecule has 3 aliphatic carbocycles. The van der Waals surface area contributed by atoms with Crippen molar-refractivity contribution in [2.45, 2.75) is 97.6 Å². The molecule has 10 atom stereocenters. The largest absolute Gasteiger partial charge is 0.460 e. The van der Waals surface area contributed by atoms with Crippen molar-refractivity contribution in [3.63, 3.8) is 0 Å². The molecule has 2 saturated carbocycles. The van der Waals surface area contributed by atoms with Crippen LogP contribution in [0.3, 0.4) is 0 Å². The highest BCUT2D eigenvalue weighted by atomic mass is 16.6. The average molecular weight is 504 g/mol. The number of rotatable bonds is 4. The number of aliphatic hydroxyl groups is 2. The second-order valence-corrected chi connectivity index (χ2v) is 12.5. The van der Waals surface area contributed by atoms with E-state index in [2.05, 4.69) is 45.7 Å². The number of esters is 1. The number of amides is 1. The molecule has 36 heavy (non-hydrogen) atoms. The number of fused-ring (bicyclic) bond motifs is 3. The molecular formula is C29H45NO6. The topological polar surface area (TPSA) is 105 Å². The lowest BCUT2D eigenvalue weighted by molar-refractivity contribution is -0.209. The molecule has 1 heterocycles. The van der Waals surface area contributed by atoms with Crippen LogP contribution in [0.15, 0.2) is 23.8 Å². The molecule has 0 aromatic rings. The molecule has 0 bridgehead atoms. The maximum Gasteiger partial charge on any atom is 0.407 e. The minimum absolute atomic E-state index is 0.0280. The number of cyclic esters (lactones) is 1. The minimum Gasteiger partial charge on any atom is -0.460 e. The van der Waals surface area contributed by atoms with E-state index in [-0.39, 0.29) is 41.3 Å². The molecule has 1 saturated heterocycles. The van der Waals surface area contributed by atoms with Crippen LogP contribution in [-0.2, 0) is 14.3 Å². The lowest BCUT2D eigenvalue weighted by Gasteiger charge is -2.54. The number of alkyl carbamates (subject to hydrolysis) is 1. The van der Waals surface area contributed by atoms with Crippen LogP contribution in [0.2, 0.25) is 0 Å². The van der Waals surface area contributed by atoms with Crippen LogP contribution >= 0.6 is 0 Å². The van der Waals surface area contributed by atoms with E-state index in [1.54, 1.807) is 6.92 Å². The van der Waals surface area contributed by atoms with Gasteiger partial charge in [0.1, 0.15) is 17.8 Å². The van der Waals surface area contributed by atoms with Crippen LogP contribution in [0.25, 0.3) is 0 Å². The van der Waals surface area contributed by atoms with Crippen molar-refractivity contribution in [2.75, 3.05) is 6.54 Å². The molecule has 4 rings (SSSR count). The fourth-order valence-electron chi connectivity index (χ4n) is 8.13. The van der Waals surface area contributed by atoms with Crippen LogP contribution in [0.5, 0.6) is 0 Å². The zero-order valence-corrected chi connectivity index (χ0v) is 22.8. The summed E-state index contributed by atoms with van der Waals surface area (Å²) in [5.74, 6) is -0.436. The first-order valence-electron chi connectivity index (χ1n) is 13.8. The summed E-state index contributed by atoms with van der Waals surface area (Å²) in [6.45, 7) is 17.6. The van der Waals surface area contributed by atoms with E-state index in [4.69, 9.17) is 9.47 Å². The highest BCUT2D eigenvalue weighted by molar-refractivity contribution is 5.78. The maximum atomic E-state index is 12.5. The average Bonchev–Trinajstić information content (AvgIpc) is 3.09. The molecular weight excluding hydrogens is 458 g/mol. The van der Waals surface area contributed by atoms with Gasteiger partial charge in [0.15, 0.2) is 6.10 Å². The van der Waals surface area contributed by atoms with Crippen molar-refractivity contribution >= 4 is 12.1 Å². The number of carbonyl (C=O) groups is 2. The number of hydrogen-bond donors (Lipinski definition) is 3. The maximum absolute atomic E-state index is 12.5. The van der Waals surface area contributed by atoms with Gasteiger partial charge in [-0.3, -0.25) is 0 Å². The highest BCUT2D eigenvalue weighted by Crippen LogP contribution is 2.63. The summed E-state index contributed by atoms with van der Waals surface area (Å²) < 4.78 is 11.4. The van der Waals surface area contributed by atoms with Crippen LogP contribution in [0.4, 0.5) is 4.79 Å².